The maximum atomic E-state index is 13.3. The summed E-state index contributed by atoms with van der Waals surface area (Å²) in [5.74, 6) is -0.419. The third kappa shape index (κ3) is 1.62. The minimum atomic E-state index is -0.791. The fourth-order valence-corrected chi connectivity index (χ4v) is 1.15. The average Bonchev–Trinajstić information content (AvgIpc) is 2.00. The van der Waals surface area contributed by atoms with Gasteiger partial charge in [-0.15, -0.1) is 0 Å². The largest absolute Gasteiger partial charge is 0.446 e. The highest BCUT2D eigenvalue weighted by molar-refractivity contribution is 6.65. The van der Waals surface area contributed by atoms with Crippen molar-refractivity contribution in [3.8, 4) is 0 Å². The standard InChI is InChI=1S/C8H9BClFO/c1-5-7(10)4-3-6(8(5)11)9(2)12/h3-4,12H,1-2H3. The number of rotatable bonds is 1. The molecule has 12 heavy (non-hydrogen) atoms. The molecule has 0 aliphatic rings. The molecule has 0 amide bonds. The van der Waals surface area contributed by atoms with Gasteiger partial charge in [0.1, 0.15) is 5.82 Å². The Labute approximate surface area is 76.3 Å². The van der Waals surface area contributed by atoms with E-state index in [9.17, 15) is 4.39 Å². The van der Waals surface area contributed by atoms with Gasteiger partial charge in [0.25, 0.3) is 0 Å². The lowest BCUT2D eigenvalue weighted by molar-refractivity contribution is 0.582. The first-order valence-electron chi connectivity index (χ1n) is 3.66. The van der Waals surface area contributed by atoms with Gasteiger partial charge in [-0.2, -0.15) is 0 Å². The molecule has 0 unspecified atom stereocenters. The summed E-state index contributed by atoms with van der Waals surface area (Å²) in [4.78, 5) is 0. The Bertz CT molecular complexity index is 301. The number of hydrogen-bond donors (Lipinski definition) is 1. The summed E-state index contributed by atoms with van der Waals surface area (Å²) in [5, 5.41) is 9.52. The van der Waals surface area contributed by atoms with Crippen LogP contribution < -0.4 is 5.46 Å². The average molecular weight is 186 g/mol. The van der Waals surface area contributed by atoms with Crippen molar-refractivity contribution in [1.29, 1.82) is 0 Å². The fourth-order valence-electron chi connectivity index (χ4n) is 1.01. The van der Waals surface area contributed by atoms with E-state index in [0.717, 1.165) is 0 Å². The molecule has 0 radical (unpaired) electrons. The van der Waals surface area contributed by atoms with Gasteiger partial charge in [0.2, 0.25) is 0 Å². The van der Waals surface area contributed by atoms with Crippen molar-refractivity contribution in [2.45, 2.75) is 13.7 Å². The second-order valence-corrected chi connectivity index (χ2v) is 3.16. The van der Waals surface area contributed by atoms with Gasteiger partial charge in [-0.05, 0) is 18.5 Å². The lowest BCUT2D eigenvalue weighted by atomic mass is 9.64. The van der Waals surface area contributed by atoms with Gasteiger partial charge in [0, 0.05) is 10.6 Å². The summed E-state index contributed by atoms with van der Waals surface area (Å²) in [7, 11) is 0. The Morgan fingerprint density at radius 2 is 2.08 bits per heavy atom. The molecular formula is C8H9BClFO. The Balaban J connectivity index is 3.27. The zero-order valence-corrected chi connectivity index (χ0v) is 7.69. The van der Waals surface area contributed by atoms with Gasteiger partial charge in [-0.1, -0.05) is 24.5 Å². The predicted octanol–water partition coefficient (Wildman–Crippen LogP) is 1.61. The molecule has 1 aromatic carbocycles. The van der Waals surface area contributed by atoms with E-state index in [0.29, 0.717) is 10.6 Å². The van der Waals surface area contributed by atoms with Crippen molar-refractivity contribution in [3.05, 3.63) is 28.5 Å². The minimum absolute atomic E-state index is 0.289. The van der Waals surface area contributed by atoms with E-state index in [1.165, 1.54) is 12.9 Å². The summed E-state index contributed by atoms with van der Waals surface area (Å²) < 4.78 is 13.3. The first-order valence-corrected chi connectivity index (χ1v) is 4.04. The monoisotopic (exact) mass is 186 g/mol. The molecule has 4 heteroatoms. The summed E-state index contributed by atoms with van der Waals surface area (Å²) in [6.07, 6.45) is 0. The molecule has 1 aromatic rings. The van der Waals surface area contributed by atoms with Gasteiger partial charge >= 0.3 is 6.92 Å². The SMILES string of the molecule is CB(O)c1ccc(Cl)c(C)c1F. The van der Waals surface area contributed by atoms with E-state index in [1.54, 1.807) is 13.0 Å². The second kappa shape index (κ2) is 3.46. The molecule has 0 bridgehead atoms. The van der Waals surface area contributed by atoms with Crippen molar-refractivity contribution in [2.24, 2.45) is 0 Å². The van der Waals surface area contributed by atoms with Crippen molar-refractivity contribution in [3.63, 3.8) is 0 Å². The molecule has 0 fully saturated rings. The van der Waals surface area contributed by atoms with Crippen LogP contribution >= 0.6 is 11.6 Å². The molecule has 0 aliphatic heterocycles. The van der Waals surface area contributed by atoms with Crippen molar-refractivity contribution in [2.75, 3.05) is 0 Å². The molecule has 0 spiro atoms. The van der Waals surface area contributed by atoms with Crippen LogP contribution in [0.5, 0.6) is 0 Å². The molecule has 0 atom stereocenters. The molecule has 0 saturated carbocycles. The van der Waals surface area contributed by atoms with Crippen molar-refractivity contribution in [1.82, 2.24) is 0 Å². The third-order valence-corrected chi connectivity index (χ3v) is 2.21. The molecule has 1 rings (SSSR count). The van der Waals surface area contributed by atoms with Crippen molar-refractivity contribution >= 4 is 24.0 Å². The predicted molar refractivity (Wildman–Crippen MR) is 49.6 cm³/mol. The normalized spacial score (nSPS) is 10.1. The Morgan fingerprint density at radius 1 is 1.50 bits per heavy atom. The van der Waals surface area contributed by atoms with Gasteiger partial charge in [0.15, 0.2) is 0 Å². The van der Waals surface area contributed by atoms with Crippen LogP contribution in [-0.4, -0.2) is 11.9 Å². The second-order valence-electron chi connectivity index (χ2n) is 2.75. The number of halogens is 2. The van der Waals surface area contributed by atoms with Crippen molar-refractivity contribution < 1.29 is 9.41 Å². The molecule has 0 saturated heterocycles. The summed E-state index contributed by atoms with van der Waals surface area (Å²) in [6.45, 7) is 2.32. The zero-order chi connectivity index (χ0) is 9.30. The molecule has 64 valence electrons. The van der Waals surface area contributed by atoms with E-state index >= 15 is 0 Å². The molecule has 1 N–H and O–H groups in total. The number of benzene rings is 1. The molecule has 0 aliphatic carbocycles. The van der Waals surface area contributed by atoms with Crippen LogP contribution in [0.2, 0.25) is 11.8 Å². The van der Waals surface area contributed by atoms with E-state index in [4.69, 9.17) is 16.6 Å². The van der Waals surface area contributed by atoms with Gasteiger partial charge < -0.3 is 5.02 Å². The fraction of sp³-hybridized carbons (Fsp3) is 0.250. The minimum Gasteiger partial charge on any atom is -0.446 e. The van der Waals surface area contributed by atoms with Crippen LogP contribution in [0, 0.1) is 12.7 Å². The van der Waals surface area contributed by atoms with Gasteiger partial charge in [-0.25, -0.2) is 4.39 Å². The quantitative estimate of drug-likeness (QED) is 0.661. The lowest BCUT2D eigenvalue weighted by Crippen LogP contribution is -2.30. The summed E-state index contributed by atoms with van der Waals surface area (Å²) in [5.41, 5.74) is 0.673. The van der Waals surface area contributed by atoms with Crippen LogP contribution in [0.4, 0.5) is 4.39 Å². The molecular weight excluding hydrogens is 177 g/mol. The van der Waals surface area contributed by atoms with Crippen LogP contribution in [0.25, 0.3) is 0 Å². The Hall–Kier alpha value is -0.535. The maximum Gasteiger partial charge on any atom is 0.323 e. The zero-order valence-electron chi connectivity index (χ0n) is 6.94. The maximum absolute atomic E-state index is 13.3. The highest BCUT2D eigenvalue weighted by Gasteiger charge is 2.15. The van der Waals surface area contributed by atoms with Gasteiger partial charge in [-0.3, -0.25) is 0 Å². The first kappa shape index (κ1) is 9.55. The summed E-state index contributed by atoms with van der Waals surface area (Å²) in [6, 6.07) is 3.08. The van der Waals surface area contributed by atoms with Gasteiger partial charge in [0.05, 0.1) is 0 Å². The van der Waals surface area contributed by atoms with Crippen LogP contribution in [0.1, 0.15) is 5.56 Å². The number of hydrogen-bond acceptors (Lipinski definition) is 1. The third-order valence-electron chi connectivity index (χ3n) is 1.80. The molecule has 0 heterocycles. The lowest BCUT2D eigenvalue weighted by Gasteiger charge is -2.06. The van der Waals surface area contributed by atoms with E-state index in [1.807, 2.05) is 0 Å². The van der Waals surface area contributed by atoms with E-state index in [2.05, 4.69) is 0 Å². The van der Waals surface area contributed by atoms with Crippen LogP contribution in [-0.2, 0) is 0 Å². The van der Waals surface area contributed by atoms with Crippen LogP contribution in [0.3, 0.4) is 0 Å². The van der Waals surface area contributed by atoms with E-state index in [-0.39, 0.29) is 5.46 Å². The molecule has 1 nitrogen and oxygen atoms in total. The topological polar surface area (TPSA) is 20.2 Å². The van der Waals surface area contributed by atoms with E-state index < -0.39 is 12.7 Å². The highest BCUT2D eigenvalue weighted by atomic mass is 35.5. The highest BCUT2D eigenvalue weighted by Crippen LogP contribution is 2.16. The summed E-state index contributed by atoms with van der Waals surface area (Å²) >= 11 is 5.67. The Kier molecular flexibility index (Phi) is 2.75. The smallest absolute Gasteiger partial charge is 0.323 e. The Morgan fingerprint density at radius 3 is 2.58 bits per heavy atom. The van der Waals surface area contributed by atoms with Crippen LogP contribution in [0.15, 0.2) is 12.1 Å². The first-order chi connectivity index (χ1) is 5.54. The molecule has 0 aromatic heterocycles.